The fraction of sp³-hybridized carbons (Fsp3) is 0.571. The van der Waals surface area contributed by atoms with Crippen molar-refractivity contribution >= 4 is 21.6 Å². The molecule has 1 aromatic rings. The molecule has 0 bridgehead atoms. The second-order valence-corrected chi connectivity index (χ2v) is 7.53. The summed E-state index contributed by atoms with van der Waals surface area (Å²) in [6.07, 6.45) is 4.74. The number of benzene rings is 1. The van der Waals surface area contributed by atoms with Gasteiger partial charge in [-0.05, 0) is 36.5 Å². The standard InChI is InChI=1S/C14H20ClNO2S/c1-16(11-13-4-2-3-5-13)19(17,18)14-8-6-12(10-15)7-9-14/h6-9,13H,2-5,10-11H2,1H3. The Morgan fingerprint density at radius 3 is 2.32 bits per heavy atom. The van der Waals surface area contributed by atoms with Gasteiger partial charge in [0.25, 0.3) is 0 Å². The van der Waals surface area contributed by atoms with Crippen LogP contribution in [0, 0.1) is 5.92 Å². The number of hydrogen-bond donors (Lipinski definition) is 0. The van der Waals surface area contributed by atoms with Crippen molar-refractivity contribution in [2.24, 2.45) is 5.92 Å². The Morgan fingerprint density at radius 2 is 1.79 bits per heavy atom. The maximum Gasteiger partial charge on any atom is 0.242 e. The summed E-state index contributed by atoms with van der Waals surface area (Å²) in [4.78, 5) is 0.349. The summed E-state index contributed by atoms with van der Waals surface area (Å²) in [6.45, 7) is 0.625. The minimum atomic E-state index is -3.36. The van der Waals surface area contributed by atoms with Crippen molar-refractivity contribution in [1.29, 1.82) is 0 Å². The highest BCUT2D eigenvalue weighted by Gasteiger charge is 2.25. The van der Waals surface area contributed by atoms with Gasteiger partial charge in [-0.15, -0.1) is 11.6 Å². The van der Waals surface area contributed by atoms with E-state index in [-0.39, 0.29) is 0 Å². The Labute approximate surface area is 120 Å². The SMILES string of the molecule is CN(CC1CCCC1)S(=O)(=O)c1ccc(CCl)cc1. The van der Waals surface area contributed by atoms with E-state index < -0.39 is 10.0 Å². The largest absolute Gasteiger partial charge is 0.242 e. The molecule has 1 aliphatic rings. The second-order valence-electron chi connectivity index (χ2n) is 5.21. The molecule has 0 amide bonds. The molecule has 19 heavy (non-hydrogen) atoms. The summed E-state index contributed by atoms with van der Waals surface area (Å²) >= 11 is 5.71. The molecular weight excluding hydrogens is 282 g/mol. The van der Waals surface area contributed by atoms with Crippen molar-refractivity contribution in [3.05, 3.63) is 29.8 Å². The summed E-state index contributed by atoms with van der Waals surface area (Å²) < 4.78 is 26.3. The molecule has 1 aliphatic carbocycles. The van der Waals surface area contributed by atoms with Gasteiger partial charge in [0.15, 0.2) is 0 Å². The van der Waals surface area contributed by atoms with E-state index in [0.29, 0.717) is 23.2 Å². The maximum absolute atomic E-state index is 12.4. The average Bonchev–Trinajstić information content (AvgIpc) is 2.91. The van der Waals surface area contributed by atoms with Gasteiger partial charge in [0.05, 0.1) is 4.90 Å². The van der Waals surface area contributed by atoms with Gasteiger partial charge in [0.1, 0.15) is 0 Å². The highest BCUT2D eigenvalue weighted by molar-refractivity contribution is 7.89. The molecule has 0 spiro atoms. The molecule has 1 aromatic carbocycles. The third kappa shape index (κ3) is 3.50. The van der Waals surface area contributed by atoms with Crippen molar-refractivity contribution in [3.8, 4) is 0 Å². The zero-order chi connectivity index (χ0) is 13.9. The van der Waals surface area contributed by atoms with Crippen LogP contribution in [0.15, 0.2) is 29.2 Å². The van der Waals surface area contributed by atoms with Crippen molar-refractivity contribution in [2.45, 2.75) is 36.5 Å². The molecule has 0 unspecified atom stereocenters. The zero-order valence-electron chi connectivity index (χ0n) is 11.2. The van der Waals surface area contributed by atoms with Crippen molar-refractivity contribution in [3.63, 3.8) is 0 Å². The molecule has 0 heterocycles. The molecule has 1 saturated carbocycles. The lowest BCUT2D eigenvalue weighted by Gasteiger charge is -2.20. The van der Waals surface area contributed by atoms with Gasteiger partial charge < -0.3 is 0 Å². The van der Waals surface area contributed by atoms with Gasteiger partial charge >= 0.3 is 0 Å². The first-order valence-corrected chi connectivity index (χ1v) is 8.62. The second kappa shape index (κ2) is 6.25. The number of hydrogen-bond acceptors (Lipinski definition) is 2. The number of nitrogens with zero attached hydrogens (tertiary/aromatic N) is 1. The lowest BCUT2D eigenvalue weighted by molar-refractivity contribution is 0.387. The van der Waals surface area contributed by atoms with Crippen molar-refractivity contribution < 1.29 is 8.42 Å². The maximum atomic E-state index is 12.4. The lowest BCUT2D eigenvalue weighted by atomic mass is 10.1. The van der Waals surface area contributed by atoms with Crippen LogP contribution in [0.25, 0.3) is 0 Å². The van der Waals surface area contributed by atoms with Gasteiger partial charge in [-0.3, -0.25) is 0 Å². The van der Waals surface area contributed by atoms with E-state index in [2.05, 4.69) is 0 Å². The van der Waals surface area contributed by atoms with E-state index >= 15 is 0 Å². The summed E-state index contributed by atoms with van der Waals surface area (Å²) in [5.74, 6) is 0.917. The van der Waals surface area contributed by atoms with E-state index in [1.807, 2.05) is 0 Å². The fourth-order valence-electron chi connectivity index (χ4n) is 2.59. The van der Waals surface area contributed by atoms with E-state index in [9.17, 15) is 8.42 Å². The number of rotatable bonds is 5. The first-order valence-electron chi connectivity index (χ1n) is 6.65. The minimum absolute atomic E-state index is 0.349. The van der Waals surface area contributed by atoms with Gasteiger partial charge in [-0.25, -0.2) is 12.7 Å². The molecule has 3 nitrogen and oxygen atoms in total. The third-order valence-electron chi connectivity index (χ3n) is 3.78. The quantitative estimate of drug-likeness (QED) is 0.783. The molecule has 0 aromatic heterocycles. The predicted molar refractivity (Wildman–Crippen MR) is 77.8 cm³/mol. The number of halogens is 1. The van der Waals surface area contributed by atoms with Gasteiger partial charge in [-0.2, -0.15) is 0 Å². The molecule has 106 valence electrons. The Balaban J connectivity index is 2.10. The van der Waals surface area contributed by atoms with Crippen LogP contribution in [0.4, 0.5) is 0 Å². The van der Waals surface area contributed by atoms with Crippen LogP contribution in [-0.4, -0.2) is 26.3 Å². The molecule has 0 saturated heterocycles. The smallest absolute Gasteiger partial charge is 0.207 e. The van der Waals surface area contributed by atoms with Crippen LogP contribution >= 0.6 is 11.6 Å². The molecule has 2 rings (SSSR count). The Morgan fingerprint density at radius 1 is 1.21 bits per heavy atom. The van der Waals surface area contributed by atoms with Crippen LogP contribution in [0.3, 0.4) is 0 Å². The van der Waals surface area contributed by atoms with Gasteiger partial charge in [0, 0.05) is 19.5 Å². The Hall–Kier alpha value is -0.580. The number of alkyl halides is 1. The van der Waals surface area contributed by atoms with Crippen LogP contribution in [0.1, 0.15) is 31.2 Å². The molecule has 0 N–H and O–H groups in total. The van der Waals surface area contributed by atoms with E-state index in [4.69, 9.17) is 11.6 Å². The summed E-state index contributed by atoms with van der Waals surface area (Å²) in [6, 6.07) is 6.81. The van der Waals surface area contributed by atoms with Crippen LogP contribution in [0.2, 0.25) is 0 Å². The monoisotopic (exact) mass is 301 g/mol. The molecule has 0 aliphatic heterocycles. The van der Waals surface area contributed by atoms with Crippen LogP contribution in [-0.2, 0) is 15.9 Å². The third-order valence-corrected chi connectivity index (χ3v) is 5.92. The van der Waals surface area contributed by atoms with Crippen molar-refractivity contribution in [1.82, 2.24) is 4.31 Å². The summed E-state index contributed by atoms with van der Waals surface area (Å²) in [5, 5.41) is 0. The van der Waals surface area contributed by atoms with E-state index in [1.165, 1.54) is 17.1 Å². The zero-order valence-corrected chi connectivity index (χ0v) is 12.8. The highest BCUT2D eigenvalue weighted by Crippen LogP contribution is 2.27. The Kier molecular flexibility index (Phi) is 4.87. The van der Waals surface area contributed by atoms with E-state index in [0.717, 1.165) is 18.4 Å². The highest BCUT2D eigenvalue weighted by atomic mass is 35.5. The summed E-state index contributed by atoms with van der Waals surface area (Å²) in [5.41, 5.74) is 0.930. The first-order chi connectivity index (χ1) is 9.04. The molecular formula is C14H20ClNO2S. The molecule has 1 fully saturated rings. The van der Waals surface area contributed by atoms with Crippen LogP contribution in [0.5, 0.6) is 0 Å². The first kappa shape index (κ1) is 14.8. The summed E-state index contributed by atoms with van der Waals surface area (Å²) in [7, 11) is -1.69. The van der Waals surface area contributed by atoms with Gasteiger partial charge in [0.2, 0.25) is 10.0 Å². The fourth-order valence-corrected chi connectivity index (χ4v) is 4.01. The lowest BCUT2D eigenvalue weighted by Crippen LogP contribution is -2.31. The minimum Gasteiger partial charge on any atom is -0.207 e. The molecule has 0 radical (unpaired) electrons. The molecule has 5 heteroatoms. The van der Waals surface area contributed by atoms with Crippen molar-refractivity contribution in [2.75, 3.05) is 13.6 Å². The molecule has 0 atom stereocenters. The van der Waals surface area contributed by atoms with E-state index in [1.54, 1.807) is 31.3 Å². The average molecular weight is 302 g/mol. The van der Waals surface area contributed by atoms with Gasteiger partial charge in [-0.1, -0.05) is 25.0 Å². The normalized spacial score (nSPS) is 17.2. The Bertz CT molecular complexity index is 507. The topological polar surface area (TPSA) is 37.4 Å². The number of sulfonamides is 1. The van der Waals surface area contributed by atoms with Crippen LogP contribution < -0.4 is 0 Å². The predicted octanol–water partition coefficient (Wildman–Crippen LogP) is 3.24.